The third-order valence-corrected chi connectivity index (χ3v) is 1.49. The van der Waals surface area contributed by atoms with Gasteiger partial charge >= 0.3 is 11.9 Å². The minimum Gasteiger partial charge on any atom is -0.459 e. The summed E-state index contributed by atoms with van der Waals surface area (Å²) < 4.78 is 4.55. The molecule has 1 amide bonds. The fourth-order valence-electron chi connectivity index (χ4n) is 0.730. The van der Waals surface area contributed by atoms with E-state index < -0.39 is 11.9 Å². The van der Waals surface area contributed by atoms with Gasteiger partial charge in [0.1, 0.15) is 0 Å². The predicted octanol–water partition coefficient (Wildman–Crippen LogP) is -0.773. The van der Waals surface area contributed by atoms with Crippen LogP contribution in [-0.2, 0) is 14.3 Å². The molecule has 0 unspecified atom stereocenters. The van der Waals surface area contributed by atoms with E-state index in [2.05, 4.69) is 10.1 Å². The quantitative estimate of drug-likeness (QED) is 0.465. The SMILES string of the molecule is CCOC(=O)C(=O)N(C)CCNC. The lowest BCUT2D eigenvalue weighted by Crippen LogP contribution is -2.38. The van der Waals surface area contributed by atoms with Crippen LogP contribution in [0.2, 0.25) is 0 Å². The van der Waals surface area contributed by atoms with Gasteiger partial charge in [0.25, 0.3) is 0 Å². The van der Waals surface area contributed by atoms with Gasteiger partial charge in [-0.25, -0.2) is 4.79 Å². The third-order valence-electron chi connectivity index (χ3n) is 1.49. The fourth-order valence-corrected chi connectivity index (χ4v) is 0.730. The first-order valence-corrected chi connectivity index (χ1v) is 4.20. The molecule has 0 aromatic heterocycles. The maximum Gasteiger partial charge on any atom is 0.396 e. The summed E-state index contributed by atoms with van der Waals surface area (Å²) in [6.45, 7) is 3.04. The number of esters is 1. The zero-order chi connectivity index (χ0) is 10.3. The van der Waals surface area contributed by atoms with Crippen LogP contribution in [0.15, 0.2) is 0 Å². The topological polar surface area (TPSA) is 58.6 Å². The first-order chi connectivity index (χ1) is 6.13. The number of carbonyl (C=O) groups excluding carboxylic acids is 2. The zero-order valence-electron chi connectivity index (χ0n) is 8.29. The van der Waals surface area contributed by atoms with Crippen molar-refractivity contribution in [1.29, 1.82) is 0 Å². The number of ether oxygens (including phenoxy) is 1. The Morgan fingerprint density at radius 1 is 1.46 bits per heavy atom. The molecule has 0 aliphatic carbocycles. The van der Waals surface area contributed by atoms with Crippen LogP contribution < -0.4 is 5.32 Å². The van der Waals surface area contributed by atoms with Crippen LogP contribution in [0.4, 0.5) is 0 Å². The zero-order valence-corrected chi connectivity index (χ0v) is 8.29. The van der Waals surface area contributed by atoms with Gasteiger partial charge in [-0.1, -0.05) is 0 Å². The standard InChI is InChI=1S/C8H16N2O3/c1-4-13-8(12)7(11)10(3)6-5-9-2/h9H,4-6H2,1-3H3. The Balaban J connectivity index is 3.87. The Kier molecular flexibility index (Phi) is 5.88. The molecule has 0 aromatic rings. The van der Waals surface area contributed by atoms with E-state index in [9.17, 15) is 9.59 Å². The summed E-state index contributed by atoms with van der Waals surface area (Å²) in [6, 6.07) is 0. The lowest BCUT2D eigenvalue weighted by molar-refractivity contribution is -0.159. The number of amides is 1. The molecule has 0 heterocycles. The minimum absolute atomic E-state index is 0.227. The molecular weight excluding hydrogens is 172 g/mol. The highest BCUT2D eigenvalue weighted by atomic mass is 16.5. The predicted molar refractivity (Wildman–Crippen MR) is 48.2 cm³/mol. The molecule has 5 heteroatoms. The smallest absolute Gasteiger partial charge is 0.396 e. The summed E-state index contributed by atoms with van der Waals surface area (Å²) in [5, 5.41) is 2.88. The maximum absolute atomic E-state index is 11.2. The maximum atomic E-state index is 11.2. The highest BCUT2D eigenvalue weighted by Gasteiger charge is 2.18. The van der Waals surface area contributed by atoms with Crippen molar-refractivity contribution in [2.75, 3.05) is 33.8 Å². The Hall–Kier alpha value is -1.10. The van der Waals surface area contributed by atoms with Gasteiger partial charge in [0.15, 0.2) is 0 Å². The summed E-state index contributed by atoms with van der Waals surface area (Å²) in [5.41, 5.74) is 0. The van der Waals surface area contributed by atoms with Crippen LogP contribution in [0.1, 0.15) is 6.92 Å². The lowest BCUT2D eigenvalue weighted by Gasteiger charge is -2.15. The highest BCUT2D eigenvalue weighted by molar-refractivity contribution is 6.32. The monoisotopic (exact) mass is 188 g/mol. The minimum atomic E-state index is -0.791. The van der Waals surface area contributed by atoms with Crippen molar-refractivity contribution >= 4 is 11.9 Å². The van der Waals surface area contributed by atoms with Crippen molar-refractivity contribution in [3.8, 4) is 0 Å². The van der Waals surface area contributed by atoms with Crippen LogP contribution >= 0.6 is 0 Å². The highest BCUT2D eigenvalue weighted by Crippen LogP contribution is 1.87. The van der Waals surface area contributed by atoms with Gasteiger partial charge in [-0.05, 0) is 14.0 Å². The average molecular weight is 188 g/mol. The second kappa shape index (κ2) is 6.42. The summed E-state index contributed by atoms with van der Waals surface area (Å²) in [5.74, 6) is -1.39. The Labute approximate surface area is 78.0 Å². The van der Waals surface area contributed by atoms with Crippen LogP contribution in [-0.4, -0.2) is 50.6 Å². The molecule has 1 N–H and O–H groups in total. The molecule has 0 bridgehead atoms. The molecule has 0 aliphatic heterocycles. The first kappa shape index (κ1) is 11.9. The van der Waals surface area contributed by atoms with Gasteiger partial charge in [-0.3, -0.25) is 4.79 Å². The molecule has 0 rings (SSSR count). The number of hydrogen-bond acceptors (Lipinski definition) is 4. The van der Waals surface area contributed by atoms with Gasteiger partial charge in [-0.2, -0.15) is 0 Å². The number of carbonyl (C=O) groups is 2. The fraction of sp³-hybridized carbons (Fsp3) is 0.750. The molecule has 76 valence electrons. The molecule has 0 aromatic carbocycles. The van der Waals surface area contributed by atoms with Crippen molar-refractivity contribution in [1.82, 2.24) is 10.2 Å². The van der Waals surface area contributed by atoms with Crippen molar-refractivity contribution in [2.24, 2.45) is 0 Å². The lowest BCUT2D eigenvalue weighted by atomic mass is 10.5. The Bertz CT molecular complexity index is 182. The number of hydrogen-bond donors (Lipinski definition) is 1. The number of nitrogens with one attached hydrogen (secondary N) is 1. The van der Waals surface area contributed by atoms with E-state index in [-0.39, 0.29) is 6.61 Å². The Morgan fingerprint density at radius 3 is 2.54 bits per heavy atom. The van der Waals surface area contributed by atoms with E-state index >= 15 is 0 Å². The van der Waals surface area contributed by atoms with E-state index in [1.165, 1.54) is 4.90 Å². The largest absolute Gasteiger partial charge is 0.459 e. The number of likely N-dealkylation sites (N-methyl/N-ethyl adjacent to an activating group) is 2. The van der Waals surface area contributed by atoms with Crippen molar-refractivity contribution in [2.45, 2.75) is 6.92 Å². The van der Waals surface area contributed by atoms with Gasteiger partial charge in [-0.15, -0.1) is 0 Å². The average Bonchev–Trinajstić information content (AvgIpc) is 2.13. The van der Waals surface area contributed by atoms with Gasteiger partial charge in [0.05, 0.1) is 6.61 Å². The van der Waals surface area contributed by atoms with Gasteiger partial charge in [0, 0.05) is 20.1 Å². The summed E-state index contributed by atoms with van der Waals surface area (Å²) in [6.07, 6.45) is 0. The van der Waals surface area contributed by atoms with Crippen LogP contribution in [0, 0.1) is 0 Å². The molecule has 13 heavy (non-hydrogen) atoms. The summed E-state index contributed by atoms with van der Waals surface area (Å²) in [7, 11) is 3.35. The van der Waals surface area contributed by atoms with E-state index in [0.29, 0.717) is 13.1 Å². The molecule has 0 spiro atoms. The molecule has 0 atom stereocenters. The van der Waals surface area contributed by atoms with Crippen LogP contribution in [0.3, 0.4) is 0 Å². The van der Waals surface area contributed by atoms with E-state index in [1.807, 2.05) is 0 Å². The molecule has 0 radical (unpaired) electrons. The summed E-state index contributed by atoms with van der Waals surface area (Å²) in [4.78, 5) is 23.4. The van der Waals surface area contributed by atoms with E-state index in [0.717, 1.165) is 0 Å². The Morgan fingerprint density at radius 2 is 2.08 bits per heavy atom. The molecule has 0 saturated carbocycles. The number of rotatable bonds is 4. The normalized spacial score (nSPS) is 9.46. The van der Waals surface area contributed by atoms with Crippen LogP contribution in [0.25, 0.3) is 0 Å². The summed E-state index contributed by atoms with van der Waals surface area (Å²) >= 11 is 0. The first-order valence-electron chi connectivity index (χ1n) is 4.20. The van der Waals surface area contributed by atoms with Crippen molar-refractivity contribution < 1.29 is 14.3 Å². The van der Waals surface area contributed by atoms with Crippen LogP contribution in [0.5, 0.6) is 0 Å². The van der Waals surface area contributed by atoms with Crippen molar-refractivity contribution in [3.05, 3.63) is 0 Å². The number of nitrogens with zero attached hydrogens (tertiary/aromatic N) is 1. The second-order valence-electron chi connectivity index (χ2n) is 2.55. The molecule has 0 aliphatic rings. The van der Waals surface area contributed by atoms with E-state index in [4.69, 9.17) is 0 Å². The van der Waals surface area contributed by atoms with Gasteiger partial charge < -0.3 is 15.0 Å². The van der Waals surface area contributed by atoms with Crippen molar-refractivity contribution in [3.63, 3.8) is 0 Å². The second-order valence-corrected chi connectivity index (χ2v) is 2.55. The third kappa shape index (κ3) is 4.47. The molecule has 5 nitrogen and oxygen atoms in total. The van der Waals surface area contributed by atoms with Gasteiger partial charge in [0.2, 0.25) is 0 Å². The molecular formula is C8H16N2O3. The van der Waals surface area contributed by atoms with E-state index in [1.54, 1.807) is 21.0 Å². The molecule has 0 saturated heterocycles. The molecule has 0 fully saturated rings.